The second-order valence-electron chi connectivity index (χ2n) is 8.82. The van der Waals surface area contributed by atoms with Gasteiger partial charge in [-0.2, -0.15) is 0 Å². The van der Waals surface area contributed by atoms with Crippen LogP contribution in [-0.4, -0.2) is 33.7 Å². The quantitative estimate of drug-likeness (QED) is 0.364. The molecule has 0 spiro atoms. The summed E-state index contributed by atoms with van der Waals surface area (Å²) >= 11 is 0. The number of pyridine rings is 2. The van der Waals surface area contributed by atoms with Gasteiger partial charge in [0.2, 0.25) is 0 Å². The summed E-state index contributed by atoms with van der Waals surface area (Å²) in [5.74, 6) is -2.29. The summed E-state index contributed by atoms with van der Waals surface area (Å²) in [4.78, 5) is 13.1. The molecular formula is C25H24F2N4O2S. The summed E-state index contributed by atoms with van der Waals surface area (Å²) in [5, 5.41) is 0. The summed E-state index contributed by atoms with van der Waals surface area (Å²) in [6.45, 7) is 2.37. The van der Waals surface area contributed by atoms with E-state index in [9.17, 15) is 17.2 Å². The predicted octanol–water partition coefficient (Wildman–Crippen LogP) is 5.48. The number of imidazole rings is 1. The fourth-order valence-electron chi connectivity index (χ4n) is 4.06. The Morgan fingerprint density at radius 1 is 1.06 bits per heavy atom. The van der Waals surface area contributed by atoms with Gasteiger partial charge in [-0.25, -0.2) is 27.2 Å². The lowest BCUT2D eigenvalue weighted by atomic mass is 10.0. The molecule has 1 aliphatic rings. The fraction of sp³-hybridized carbons (Fsp3) is 0.320. The standard InChI is InChI=1S/C25H24F2N4O2S/c1-4-34(32,33)21-11-18(17-9-7-16(8-10-17)15-5-6-15)13-28-22(21)24-30-20-12-19(25(2,26)27)14-29-23(20)31(24)3/h7-15H,4-6H2,1-3H3. The van der Waals surface area contributed by atoms with Crippen molar-refractivity contribution in [2.24, 2.45) is 7.05 Å². The lowest BCUT2D eigenvalue weighted by Crippen LogP contribution is -2.09. The maximum absolute atomic E-state index is 13.8. The van der Waals surface area contributed by atoms with E-state index in [4.69, 9.17) is 0 Å². The van der Waals surface area contributed by atoms with Crippen LogP contribution in [0.3, 0.4) is 0 Å². The highest BCUT2D eigenvalue weighted by Crippen LogP contribution is 2.40. The van der Waals surface area contributed by atoms with E-state index in [2.05, 4.69) is 27.1 Å². The number of hydrogen-bond acceptors (Lipinski definition) is 5. The van der Waals surface area contributed by atoms with Crippen molar-refractivity contribution in [1.29, 1.82) is 0 Å². The molecule has 176 valence electrons. The molecule has 4 aromatic rings. The number of sulfone groups is 1. The van der Waals surface area contributed by atoms with E-state index in [1.807, 2.05) is 12.1 Å². The van der Waals surface area contributed by atoms with Crippen LogP contribution in [0.15, 0.2) is 53.7 Å². The number of hydrogen-bond donors (Lipinski definition) is 0. The fourth-order valence-corrected chi connectivity index (χ4v) is 5.11. The van der Waals surface area contributed by atoms with E-state index >= 15 is 0 Å². The van der Waals surface area contributed by atoms with Gasteiger partial charge in [0.05, 0.1) is 10.6 Å². The molecule has 1 saturated carbocycles. The average molecular weight is 483 g/mol. The van der Waals surface area contributed by atoms with Gasteiger partial charge in [-0.05, 0) is 42.0 Å². The van der Waals surface area contributed by atoms with Crippen molar-refractivity contribution in [1.82, 2.24) is 19.5 Å². The third-order valence-corrected chi connectivity index (χ3v) is 8.03. The van der Waals surface area contributed by atoms with Crippen LogP contribution in [0.2, 0.25) is 0 Å². The Bertz CT molecular complexity index is 1500. The number of alkyl halides is 2. The highest BCUT2D eigenvalue weighted by Gasteiger charge is 2.28. The molecule has 1 aromatic carbocycles. The molecule has 0 aliphatic heterocycles. The van der Waals surface area contributed by atoms with Crippen LogP contribution in [0.25, 0.3) is 33.8 Å². The Morgan fingerprint density at radius 2 is 1.76 bits per heavy atom. The van der Waals surface area contributed by atoms with E-state index in [1.54, 1.807) is 30.8 Å². The Kier molecular flexibility index (Phi) is 5.27. The molecule has 5 rings (SSSR count). The maximum atomic E-state index is 13.8. The van der Waals surface area contributed by atoms with Crippen LogP contribution in [0.1, 0.15) is 43.7 Å². The lowest BCUT2D eigenvalue weighted by molar-refractivity contribution is 0.0172. The van der Waals surface area contributed by atoms with Gasteiger partial charge >= 0.3 is 0 Å². The number of aromatic nitrogens is 4. The van der Waals surface area contributed by atoms with Crippen LogP contribution in [-0.2, 0) is 22.8 Å². The number of aryl methyl sites for hydroxylation is 1. The van der Waals surface area contributed by atoms with E-state index in [0.717, 1.165) is 18.7 Å². The zero-order valence-electron chi connectivity index (χ0n) is 19.1. The molecule has 0 N–H and O–H groups in total. The molecule has 1 fully saturated rings. The molecule has 6 nitrogen and oxygen atoms in total. The predicted molar refractivity (Wildman–Crippen MR) is 126 cm³/mol. The van der Waals surface area contributed by atoms with Gasteiger partial charge in [0.15, 0.2) is 21.3 Å². The molecule has 34 heavy (non-hydrogen) atoms. The Morgan fingerprint density at radius 3 is 2.38 bits per heavy atom. The van der Waals surface area contributed by atoms with Gasteiger partial charge in [0.1, 0.15) is 11.2 Å². The second kappa shape index (κ2) is 7.94. The van der Waals surface area contributed by atoms with E-state index in [1.165, 1.54) is 24.5 Å². The molecular weight excluding hydrogens is 458 g/mol. The molecule has 0 radical (unpaired) electrons. The SMILES string of the molecule is CCS(=O)(=O)c1cc(-c2ccc(C3CC3)cc2)cnc1-c1nc2cc(C(C)(F)F)cnc2n1C. The van der Waals surface area contributed by atoms with Crippen molar-refractivity contribution in [2.45, 2.75) is 43.4 Å². The smallest absolute Gasteiger partial charge is 0.272 e. The summed E-state index contributed by atoms with van der Waals surface area (Å²) < 4.78 is 55.3. The van der Waals surface area contributed by atoms with Crippen LogP contribution in [0, 0.1) is 0 Å². The topological polar surface area (TPSA) is 77.7 Å². The molecule has 1 aliphatic carbocycles. The molecule has 3 heterocycles. The number of nitrogens with zero attached hydrogens (tertiary/aromatic N) is 4. The van der Waals surface area contributed by atoms with Crippen molar-refractivity contribution in [2.75, 3.05) is 5.75 Å². The molecule has 0 bridgehead atoms. The van der Waals surface area contributed by atoms with E-state index < -0.39 is 15.8 Å². The van der Waals surface area contributed by atoms with Gasteiger partial charge < -0.3 is 4.57 Å². The van der Waals surface area contributed by atoms with Crippen molar-refractivity contribution in [3.8, 4) is 22.6 Å². The first-order chi connectivity index (χ1) is 16.1. The molecule has 9 heteroatoms. The monoisotopic (exact) mass is 482 g/mol. The molecule has 3 aromatic heterocycles. The van der Waals surface area contributed by atoms with Gasteiger partial charge in [0.25, 0.3) is 5.92 Å². The van der Waals surface area contributed by atoms with E-state index in [0.29, 0.717) is 17.1 Å². The molecule has 0 saturated heterocycles. The van der Waals surface area contributed by atoms with Crippen molar-refractivity contribution < 1.29 is 17.2 Å². The average Bonchev–Trinajstić information content (AvgIpc) is 3.62. The third-order valence-electron chi connectivity index (χ3n) is 6.29. The summed E-state index contributed by atoms with van der Waals surface area (Å²) in [6.07, 6.45) is 5.14. The molecule has 0 amide bonds. The number of fused-ring (bicyclic) bond motifs is 1. The minimum absolute atomic E-state index is 0.0539. The van der Waals surface area contributed by atoms with E-state index in [-0.39, 0.29) is 33.2 Å². The highest BCUT2D eigenvalue weighted by molar-refractivity contribution is 7.91. The molecule has 0 unspecified atom stereocenters. The zero-order chi connectivity index (χ0) is 24.3. The third kappa shape index (κ3) is 3.98. The number of rotatable bonds is 6. The van der Waals surface area contributed by atoms with Crippen LogP contribution in [0.4, 0.5) is 8.78 Å². The van der Waals surface area contributed by atoms with Crippen LogP contribution < -0.4 is 0 Å². The maximum Gasteiger partial charge on any atom is 0.272 e. The number of benzene rings is 1. The van der Waals surface area contributed by atoms with Gasteiger partial charge in [-0.3, -0.25) is 4.98 Å². The number of halogens is 2. The van der Waals surface area contributed by atoms with Crippen molar-refractivity contribution in [3.63, 3.8) is 0 Å². The zero-order valence-corrected chi connectivity index (χ0v) is 19.9. The van der Waals surface area contributed by atoms with Crippen molar-refractivity contribution >= 4 is 21.0 Å². The largest absolute Gasteiger partial charge is 0.310 e. The Balaban J connectivity index is 1.65. The van der Waals surface area contributed by atoms with Crippen molar-refractivity contribution in [3.05, 3.63) is 59.9 Å². The van der Waals surface area contributed by atoms with Gasteiger partial charge in [-0.1, -0.05) is 31.2 Å². The summed E-state index contributed by atoms with van der Waals surface area (Å²) in [7, 11) is -2.00. The minimum atomic E-state index is -3.66. The second-order valence-corrected chi connectivity index (χ2v) is 11.1. The first kappa shape index (κ1) is 22.6. The van der Waals surface area contributed by atoms with Crippen LogP contribution in [0.5, 0.6) is 0 Å². The normalized spacial score (nSPS) is 14.6. The highest BCUT2D eigenvalue weighted by atomic mass is 32.2. The van der Waals surface area contributed by atoms with Gasteiger partial charge in [0, 0.05) is 37.5 Å². The Labute approximate surface area is 196 Å². The summed E-state index contributed by atoms with van der Waals surface area (Å²) in [6, 6.07) is 11.0. The first-order valence-electron chi connectivity index (χ1n) is 11.1. The minimum Gasteiger partial charge on any atom is -0.310 e. The lowest BCUT2D eigenvalue weighted by Gasteiger charge is -2.11. The molecule has 0 atom stereocenters. The first-order valence-corrected chi connectivity index (χ1v) is 12.8. The Hall–Kier alpha value is -3.20. The van der Waals surface area contributed by atoms with Gasteiger partial charge in [-0.15, -0.1) is 0 Å². The summed E-state index contributed by atoms with van der Waals surface area (Å²) in [5.41, 5.74) is 3.37. The van der Waals surface area contributed by atoms with Crippen LogP contribution >= 0.6 is 0 Å².